The van der Waals surface area contributed by atoms with Crippen LogP contribution in [-0.4, -0.2) is 61.3 Å². The summed E-state index contributed by atoms with van der Waals surface area (Å²) in [5, 5.41) is 10.3. The Morgan fingerprint density at radius 1 is 1.07 bits per heavy atom. The smallest absolute Gasteiger partial charge is 0.166 e. The van der Waals surface area contributed by atoms with Crippen molar-refractivity contribution in [3.8, 4) is 5.75 Å². The van der Waals surface area contributed by atoms with Gasteiger partial charge in [0, 0.05) is 26.1 Å². The number of hydrogen-bond donors (Lipinski definition) is 1. The van der Waals surface area contributed by atoms with Crippen LogP contribution in [0.2, 0.25) is 0 Å². The Kier molecular flexibility index (Phi) is 7.39. The van der Waals surface area contributed by atoms with Crippen molar-refractivity contribution in [1.29, 1.82) is 0 Å². The number of para-hydroxylation sites is 1. The van der Waals surface area contributed by atoms with Crippen LogP contribution in [0.4, 0.5) is 0 Å². The van der Waals surface area contributed by atoms with E-state index in [0.717, 1.165) is 18.7 Å². The molecule has 0 radical (unpaired) electrons. The molecule has 0 amide bonds. The van der Waals surface area contributed by atoms with Crippen LogP contribution in [0.1, 0.15) is 22.3 Å². The summed E-state index contributed by atoms with van der Waals surface area (Å²) in [7, 11) is 0. The molecule has 2 aromatic rings. The lowest BCUT2D eigenvalue weighted by Crippen LogP contribution is -2.42. The van der Waals surface area contributed by atoms with E-state index in [4.69, 9.17) is 9.47 Å². The molecule has 1 aliphatic heterocycles. The van der Waals surface area contributed by atoms with E-state index in [9.17, 15) is 9.90 Å². The molecule has 1 aliphatic rings. The quantitative estimate of drug-likeness (QED) is 0.689. The summed E-state index contributed by atoms with van der Waals surface area (Å²) in [5.74, 6) is 0.591. The van der Waals surface area contributed by atoms with Gasteiger partial charge in [0.15, 0.2) is 5.78 Å². The number of aliphatic hydroxyl groups excluding tert-OH is 1. The molecule has 3 rings (SSSR count). The van der Waals surface area contributed by atoms with E-state index in [1.807, 2.05) is 42.5 Å². The van der Waals surface area contributed by atoms with E-state index in [-0.39, 0.29) is 12.4 Å². The van der Waals surface area contributed by atoms with E-state index in [0.29, 0.717) is 43.9 Å². The number of morpholine rings is 1. The SMILES string of the molecule is O=C(CCc1ccccc1)c1ccccc1OC[C@@H](O)CN1CCOCC1. The van der Waals surface area contributed by atoms with Crippen LogP contribution in [0.25, 0.3) is 0 Å². The highest BCUT2D eigenvalue weighted by atomic mass is 16.5. The minimum atomic E-state index is -0.601. The first-order chi connectivity index (χ1) is 13.2. The number of carbonyl (C=O) groups is 1. The van der Waals surface area contributed by atoms with Gasteiger partial charge >= 0.3 is 0 Å². The van der Waals surface area contributed by atoms with Crippen molar-refractivity contribution in [3.05, 3.63) is 65.7 Å². The number of benzene rings is 2. The molecule has 27 heavy (non-hydrogen) atoms. The predicted octanol–water partition coefficient (Wildman–Crippen LogP) is 2.57. The van der Waals surface area contributed by atoms with Crippen molar-refractivity contribution >= 4 is 5.78 Å². The zero-order valence-corrected chi connectivity index (χ0v) is 15.5. The Balaban J connectivity index is 1.52. The fourth-order valence-corrected chi connectivity index (χ4v) is 3.18. The molecule has 5 heteroatoms. The van der Waals surface area contributed by atoms with Crippen molar-refractivity contribution in [3.63, 3.8) is 0 Å². The highest BCUT2D eigenvalue weighted by Gasteiger charge is 2.17. The fourth-order valence-electron chi connectivity index (χ4n) is 3.18. The highest BCUT2D eigenvalue weighted by molar-refractivity contribution is 5.98. The first kappa shape index (κ1) is 19.5. The van der Waals surface area contributed by atoms with Gasteiger partial charge in [-0.05, 0) is 24.1 Å². The molecule has 0 spiro atoms. The summed E-state index contributed by atoms with van der Waals surface area (Å²) in [6.45, 7) is 3.77. The molecule has 0 aliphatic carbocycles. The van der Waals surface area contributed by atoms with Crippen LogP contribution in [-0.2, 0) is 11.2 Å². The average Bonchev–Trinajstić information content (AvgIpc) is 2.72. The summed E-state index contributed by atoms with van der Waals surface area (Å²) in [5.41, 5.74) is 1.72. The predicted molar refractivity (Wildman–Crippen MR) is 104 cm³/mol. The van der Waals surface area contributed by atoms with E-state index >= 15 is 0 Å². The number of nitrogens with zero attached hydrogens (tertiary/aromatic N) is 1. The van der Waals surface area contributed by atoms with Crippen molar-refractivity contribution in [1.82, 2.24) is 4.90 Å². The number of aryl methyl sites for hydroxylation is 1. The third kappa shape index (κ3) is 6.17. The summed E-state index contributed by atoms with van der Waals surface area (Å²) in [4.78, 5) is 14.8. The number of hydrogen-bond acceptors (Lipinski definition) is 5. The molecule has 0 aromatic heterocycles. The van der Waals surface area contributed by atoms with Gasteiger partial charge in [-0.1, -0.05) is 42.5 Å². The molecule has 1 saturated heterocycles. The van der Waals surface area contributed by atoms with E-state index in [2.05, 4.69) is 4.90 Å². The molecule has 0 bridgehead atoms. The minimum absolute atomic E-state index is 0.0529. The van der Waals surface area contributed by atoms with Gasteiger partial charge in [-0.3, -0.25) is 9.69 Å². The van der Waals surface area contributed by atoms with E-state index in [1.165, 1.54) is 0 Å². The number of ketones is 1. The molecule has 1 heterocycles. The number of carbonyl (C=O) groups excluding carboxylic acids is 1. The third-order valence-electron chi connectivity index (χ3n) is 4.67. The van der Waals surface area contributed by atoms with Gasteiger partial charge in [0.05, 0.1) is 18.8 Å². The summed E-state index contributed by atoms with van der Waals surface area (Å²) in [6.07, 6.45) is 0.532. The van der Waals surface area contributed by atoms with E-state index in [1.54, 1.807) is 12.1 Å². The lowest BCUT2D eigenvalue weighted by molar-refractivity contribution is 0.00457. The van der Waals surface area contributed by atoms with Crippen molar-refractivity contribution < 1.29 is 19.4 Å². The first-order valence-electron chi connectivity index (χ1n) is 9.49. The van der Waals surface area contributed by atoms with Crippen LogP contribution < -0.4 is 4.74 Å². The van der Waals surface area contributed by atoms with Gasteiger partial charge in [0.2, 0.25) is 0 Å². The first-order valence-corrected chi connectivity index (χ1v) is 9.49. The number of Topliss-reactive ketones (excluding diaryl/α,β-unsaturated/α-hetero) is 1. The van der Waals surface area contributed by atoms with Crippen LogP contribution in [0.15, 0.2) is 54.6 Å². The van der Waals surface area contributed by atoms with Crippen LogP contribution in [0.3, 0.4) is 0 Å². The second kappa shape index (κ2) is 10.2. The molecule has 0 saturated carbocycles. The molecule has 1 fully saturated rings. The number of ether oxygens (including phenoxy) is 2. The molecular weight excluding hydrogens is 342 g/mol. The second-order valence-corrected chi connectivity index (χ2v) is 6.78. The Morgan fingerprint density at radius 2 is 1.78 bits per heavy atom. The molecule has 2 aromatic carbocycles. The second-order valence-electron chi connectivity index (χ2n) is 6.78. The Bertz CT molecular complexity index is 713. The normalized spacial score (nSPS) is 16.0. The number of β-amino-alcohol motifs (C(OH)–C–C–N with tert-alkyl or cyclic N) is 1. The van der Waals surface area contributed by atoms with Gasteiger partial charge in [-0.2, -0.15) is 0 Å². The average molecular weight is 369 g/mol. The molecular formula is C22H27NO4. The monoisotopic (exact) mass is 369 g/mol. The molecule has 0 unspecified atom stereocenters. The Labute approximate surface area is 160 Å². The van der Waals surface area contributed by atoms with Gasteiger partial charge in [0.1, 0.15) is 18.5 Å². The number of aliphatic hydroxyl groups is 1. The third-order valence-corrected chi connectivity index (χ3v) is 4.67. The fraction of sp³-hybridized carbons (Fsp3) is 0.409. The van der Waals surface area contributed by atoms with E-state index < -0.39 is 6.10 Å². The Hall–Kier alpha value is -2.21. The van der Waals surface area contributed by atoms with Gasteiger partial charge < -0.3 is 14.6 Å². The van der Waals surface area contributed by atoms with Crippen LogP contribution in [0.5, 0.6) is 5.75 Å². The maximum atomic E-state index is 12.6. The van der Waals surface area contributed by atoms with Gasteiger partial charge in [0.25, 0.3) is 0 Å². The van der Waals surface area contributed by atoms with Gasteiger partial charge in [-0.15, -0.1) is 0 Å². The zero-order chi connectivity index (χ0) is 18.9. The maximum absolute atomic E-state index is 12.6. The van der Waals surface area contributed by atoms with Gasteiger partial charge in [-0.25, -0.2) is 0 Å². The lowest BCUT2D eigenvalue weighted by Gasteiger charge is -2.28. The molecule has 5 nitrogen and oxygen atoms in total. The summed E-state index contributed by atoms with van der Waals surface area (Å²) >= 11 is 0. The Morgan fingerprint density at radius 3 is 2.56 bits per heavy atom. The van der Waals surface area contributed by atoms with Crippen molar-refractivity contribution in [2.75, 3.05) is 39.5 Å². The van der Waals surface area contributed by atoms with Crippen molar-refractivity contribution in [2.45, 2.75) is 18.9 Å². The molecule has 1 N–H and O–H groups in total. The van der Waals surface area contributed by atoms with Crippen LogP contribution in [0, 0.1) is 0 Å². The minimum Gasteiger partial charge on any atom is -0.490 e. The molecule has 1 atom stereocenters. The molecule has 144 valence electrons. The number of rotatable bonds is 9. The topological polar surface area (TPSA) is 59.0 Å². The summed E-state index contributed by atoms with van der Waals surface area (Å²) in [6, 6.07) is 17.2. The maximum Gasteiger partial charge on any atom is 0.166 e. The highest BCUT2D eigenvalue weighted by Crippen LogP contribution is 2.21. The van der Waals surface area contributed by atoms with Crippen LogP contribution >= 0.6 is 0 Å². The lowest BCUT2D eigenvalue weighted by atomic mass is 10.0. The summed E-state index contributed by atoms with van der Waals surface area (Å²) < 4.78 is 11.1. The zero-order valence-electron chi connectivity index (χ0n) is 15.5. The largest absolute Gasteiger partial charge is 0.490 e. The van der Waals surface area contributed by atoms with Crippen molar-refractivity contribution in [2.24, 2.45) is 0 Å². The standard InChI is InChI=1S/C22H27NO4/c24-19(16-23-12-14-26-15-13-23)17-27-22-9-5-4-8-20(22)21(25)11-10-18-6-2-1-3-7-18/h1-9,19,24H,10-17H2/t19-/m0/s1.